The van der Waals surface area contributed by atoms with Crippen molar-refractivity contribution in [1.29, 1.82) is 0 Å². The third-order valence-corrected chi connectivity index (χ3v) is 6.20. The molecule has 1 aromatic carbocycles. The van der Waals surface area contributed by atoms with E-state index >= 15 is 0 Å². The molecule has 8 heteroatoms. The fourth-order valence-electron chi connectivity index (χ4n) is 3.92. The Morgan fingerprint density at radius 2 is 1.89 bits per heavy atom. The van der Waals surface area contributed by atoms with Crippen molar-refractivity contribution < 1.29 is 0 Å². The molecule has 1 aliphatic rings. The predicted octanol–water partition coefficient (Wildman–Crippen LogP) is 3.48. The normalized spacial score (nSPS) is 15.6. The van der Waals surface area contributed by atoms with Gasteiger partial charge in [0.1, 0.15) is 12.1 Å². The number of piperidine rings is 1. The van der Waals surface area contributed by atoms with Gasteiger partial charge in [0.05, 0.1) is 11.2 Å². The highest BCUT2D eigenvalue weighted by Gasteiger charge is 2.24. The van der Waals surface area contributed by atoms with Gasteiger partial charge in [-0.05, 0) is 56.4 Å². The van der Waals surface area contributed by atoms with Gasteiger partial charge in [-0.25, -0.2) is 9.97 Å². The number of thioether (sulfide) groups is 1. The minimum atomic E-state index is 0.442. The molecule has 0 spiro atoms. The van der Waals surface area contributed by atoms with Gasteiger partial charge in [-0.1, -0.05) is 0 Å². The van der Waals surface area contributed by atoms with Crippen LogP contribution in [0.2, 0.25) is 0 Å². The molecule has 0 N–H and O–H groups in total. The van der Waals surface area contributed by atoms with Crippen LogP contribution in [-0.4, -0.2) is 49.1 Å². The lowest BCUT2D eigenvalue weighted by molar-refractivity contribution is 0.488. The number of benzene rings is 1. The second-order valence-corrected chi connectivity index (χ2v) is 8.00. The zero-order chi connectivity index (χ0) is 19.1. The van der Waals surface area contributed by atoms with Crippen molar-refractivity contribution in [2.45, 2.75) is 30.6 Å². The first-order chi connectivity index (χ1) is 13.7. The van der Waals surface area contributed by atoms with E-state index in [2.05, 4.69) is 55.6 Å². The van der Waals surface area contributed by atoms with Crippen LogP contribution in [0.15, 0.2) is 41.6 Å². The summed E-state index contributed by atoms with van der Waals surface area (Å²) in [7, 11) is 0. The number of rotatable bonds is 3. The van der Waals surface area contributed by atoms with Crippen LogP contribution in [0.25, 0.3) is 16.6 Å². The van der Waals surface area contributed by atoms with Gasteiger partial charge in [0.2, 0.25) is 0 Å². The Bertz CT molecular complexity index is 1150. The van der Waals surface area contributed by atoms with Gasteiger partial charge in [-0.3, -0.25) is 0 Å². The lowest BCUT2D eigenvalue weighted by Gasteiger charge is -2.33. The van der Waals surface area contributed by atoms with Gasteiger partial charge in [-0.15, -0.1) is 22.0 Å². The average Bonchev–Trinajstić information content (AvgIpc) is 3.13. The van der Waals surface area contributed by atoms with Crippen molar-refractivity contribution in [3.63, 3.8) is 0 Å². The van der Waals surface area contributed by atoms with Crippen LogP contribution in [0.3, 0.4) is 0 Å². The monoisotopic (exact) mass is 391 g/mol. The molecule has 4 heterocycles. The summed E-state index contributed by atoms with van der Waals surface area (Å²) >= 11 is 1.74. The molecule has 5 rings (SSSR count). The number of hydrogen-bond donors (Lipinski definition) is 0. The Hall–Kier alpha value is -2.74. The van der Waals surface area contributed by atoms with Crippen LogP contribution in [-0.2, 0) is 0 Å². The molecule has 0 saturated carbocycles. The van der Waals surface area contributed by atoms with Crippen molar-refractivity contribution in [1.82, 2.24) is 29.8 Å². The Morgan fingerprint density at radius 1 is 1.04 bits per heavy atom. The van der Waals surface area contributed by atoms with E-state index in [0.717, 1.165) is 59.8 Å². The van der Waals surface area contributed by atoms with Gasteiger partial charge in [0, 0.05) is 29.3 Å². The molecule has 7 nitrogen and oxygen atoms in total. The molecule has 0 unspecified atom stereocenters. The van der Waals surface area contributed by atoms with E-state index in [-0.39, 0.29) is 0 Å². The van der Waals surface area contributed by atoms with Crippen LogP contribution >= 0.6 is 11.8 Å². The van der Waals surface area contributed by atoms with E-state index in [1.807, 2.05) is 17.5 Å². The van der Waals surface area contributed by atoms with Gasteiger partial charge in [0.25, 0.3) is 0 Å². The maximum Gasteiger partial charge on any atom is 0.177 e. The van der Waals surface area contributed by atoms with Crippen LogP contribution in [0.4, 0.5) is 5.82 Å². The van der Waals surface area contributed by atoms with Gasteiger partial charge < -0.3 is 4.90 Å². The molecule has 0 bridgehead atoms. The minimum Gasteiger partial charge on any atom is -0.356 e. The van der Waals surface area contributed by atoms with Crippen LogP contribution < -0.4 is 4.90 Å². The van der Waals surface area contributed by atoms with E-state index in [4.69, 9.17) is 5.10 Å². The summed E-state index contributed by atoms with van der Waals surface area (Å²) in [6.07, 6.45) is 5.87. The highest BCUT2D eigenvalue weighted by atomic mass is 32.2. The molecule has 1 saturated heterocycles. The number of aromatic nitrogens is 6. The number of anilines is 1. The summed E-state index contributed by atoms with van der Waals surface area (Å²) in [4.78, 5) is 12.7. The molecular formula is C20H21N7S. The zero-order valence-corrected chi connectivity index (χ0v) is 16.7. The van der Waals surface area contributed by atoms with Gasteiger partial charge in [0.15, 0.2) is 11.5 Å². The second kappa shape index (κ2) is 7.01. The second-order valence-electron chi connectivity index (χ2n) is 7.12. The Morgan fingerprint density at radius 3 is 2.71 bits per heavy atom. The molecule has 3 aromatic heterocycles. The van der Waals surface area contributed by atoms with Crippen molar-refractivity contribution in [2.24, 2.45) is 0 Å². The standard InChI is InChI=1S/C20H21N7S/c1-13-23-24-19-6-5-17(25-27(13)19)14-7-9-26(10-8-14)20-16-11-15(28-2)3-4-18(16)21-12-22-20/h3-6,11-12,14H,7-10H2,1-2H3. The Balaban J connectivity index is 1.39. The van der Waals surface area contributed by atoms with E-state index in [9.17, 15) is 0 Å². The molecule has 0 atom stereocenters. The Labute approximate surface area is 167 Å². The predicted molar refractivity (Wildman–Crippen MR) is 111 cm³/mol. The highest BCUT2D eigenvalue weighted by Crippen LogP contribution is 2.32. The van der Waals surface area contributed by atoms with Crippen molar-refractivity contribution in [3.8, 4) is 0 Å². The van der Waals surface area contributed by atoms with Gasteiger partial charge in [-0.2, -0.15) is 9.61 Å². The van der Waals surface area contributed by atoms with Crippen molar-refractivity contribution >= 4 is 34.1 Å². The fourth-order valence-corrected chi connectivity index (χ4v) is 4.36. The molecule has 1 fully saturated rings. The number of fused-ring (bicyclic) bond motifs is 2. The third-order valence-electron chi connectivity index (χ3n) is 5.47. The SMILES string of the molecule is CSc1ccc2ncnc(N3CCC(c4ccc5nnc(C)n5n4)CC3)c2c1. The van der Waals surface area contributed by atoms with Gasteiger partial charge >= 0.3 is 0 Å². The number of hydrogen-bond acceptors (Lipinski definition) is 7. The number of nitrogens with zero attached hydrogens (tertiary/aromatic N) is 7. The topological polar surface area (TPSA) is 72.1 Å². The first kappa shape index (κ1) is 17.4. The quantitative estimate of drug-likeness (QED) is 0.495. The molecule has 0 aliphatic carbocycles. The lowest BCUT2D eigenvalue weighted by atomic mass is 9.93. The van der Waals surface area contributed by atoms with Crippen LogP contribution in [0.1, 0.15) is 30.3 Å². The van der Waals surface area contributed by atoms with E-state index in [1.165, 1.54) is 4.90 Å². The third kappa shape index (κ3) is 2.97. The summed E-state index contributed by atoms with van der Waals surface area (Å²) in [6, 6.07) is 10.5. The lowest BCUT2D eigenvalue weighted by Crippen LogP contribution is -2.34. The van der Waals surface area contributed by atoms with Crippen molar-refractivity contribution in [2.75, 3.05) is 24.2 Å². The van der Waals surface area contributed by atoms with Crippen LogP contribution in [0.5, 0.6) is 0 Å². The van der Waals surface area contributed by atoms with E-state index in [1.54, 1.807) is 18.1 Å². The molecule has 0 radical (unpaired) electrons. The molecule has 142 valence electrons. The maximum absolute atomic E-state index is 4.77. The molecule has 4 aromatic rings. The first-order valence-electron chi connectivity index (χ1n) is 9.45. The summed E-state index contributed by atoms with van der Waals surface area (Å²) < 4.78 is 1.84. The summed E-state index contributed by atoms with van der Waals surface area (Å²) in [5, 5.41) is 14.1. The fraction of sp³-hybridized carbons (Fsp3) is 0.350. The average molecular weight is 392 g/mol. The maximum atomic E-state index is 4.77. The largest absolute Gasteiger partial charge is 0.356 e. The zero-order valence-electron chi connectivity index (χ0n) is 15.9. The summed E-state index contributed by atoms with van der Waals surface area (Å²) in [5.41, 5.74) is 2.92. The molecular weight excluding hydrogens is 370 g/mol. The summed E-state index contributed by atoms with van der Waals surface area (Å²) in [6.45, 7) is 3.85. The molecule has 0 amide bonds. The smallest absolute Gasteiger partial charge is 0.177 e. The first-order valence-corrected chi connectivity index (χ1v) is 10.7. The van der Waals surface area contributed by atoms with Crippen LogP contribution in [0, 0.1) is 6.92 Å². The van der Waals surface area contributed by atoms with E-state index < -0.39 is 0 Å². The Kier molecular flexibility index (Phi) is 4.35. The molecule has 28 heavy (non-hydrogen) atoms. The summed E-state index contributed by atoms with van der Waals surface area (Å²) in [5.74, 6) is 2.31. The van der Waals surface area contributed by atoms with Crippen molar-refractivity contribution in [3.05, 3.63) is 48.2 Å². The van der Waals surface area contributed by atoms with E-state index in [0.29, 0.717) is 5.92 Å². The minimum absolute atomic E-state index is 0.442. The number of aryl methyl sites for hydroxylation is 1. The molecule has 1 aliphatic heterocycles. The highest BCUT2D eigenvalue weighted by molar-refractivity contribution is 7.98.